The fourth-order valence-corrected chi connectivity index (χ4v) is 2.32. The molecule has 1 N–H and O–H groups in total. The lowest BCUT2D eigenvalue weighted by molar-refractivity contribution is 0.400. The van der Waals surface area contributed by atoms with Gasteiger partial charge in [-0.3, -0.25) is 0 Å². The second-order valence-corrected chi connectivity index (χ2v) is 4.99. The molecule has 3 rings (SSSR count). The average Bonchev–Trinajstić information content (AvgIpc) is 2.71. The molecule has 0 radical (unpaired) electrons. The third-order valence-electron chi connectivity index (χ3n) is 3.32. The molecule has 0 unspecified atom stereocenters. The molecule has 0 saturated carbocycles. The molecule has 1 aliphatic rings. The van der Waals surface area contributed by atoms with Crippen LogP contribution >= 0.6 is 0 Å². The lowest BCUT2D eigenvalue weighted by Crippen LogP contribution is -2.26. The van der Waals surface area contributed by atoms with E-state index in [0.29, 0.717) is 17.6 Å². The minimum Gasteiger partial charge on any atom is -0.360 e. The van der Waals surface area contributed by atoms with Crippen LogP contribution in [0.25, 0.3) is 0 Å². The molecule has 0 bridgehead atoms. The van der Waals surface area contributed by atoms with Gasteiger partial charge in [-0.1, -0.05) is 18.0 Å². The Bertz CT molecular complexity index is 561. The van der Waals surface area contributed by atoms with Crippen molar-refractivity contribution < 1.29 is 4.52 Å². The first-order valence-corrected chi connectivity index (χ1v) is 6.96. The summed E-state index contributed by atoms with van der Waals surface area (Å²) < 4.78 is 5.01. The Kier molecular flexibility index (Phi) is 3.76. The van der Waals surface area contributed by atoms with Gasteiger partial charge in [-0.15, -0.1) is 5.10 Å². The second-order valence-electron chi connectivity index (χ2n) is 4.99. The molecule has 7 heteroatoms. The van der Waals surface area contributed by atoms with Gasteiger partial charge in [0.2, 0.25) is 5.95 Å². The van der Waals surface area contributed by atoms with Crippen LogP contribution in [0, 0.1) is 6.92 Å². The van der Waals surface area contributed by atoms with E-state index < -0.39 is 0 Å². The second kappa shape index (κ2) is 5.85. The zero-order chi connectivity index (χ0) is 13.8. The summed E-state index contributed by atoms with van der Waals surface area (Å²) in [6.07, 6.45) is 6.51. The quantitative estimate of drug-likeness (QED) is 0.919. The van der Waals surface area contributed by atoms with E-state index in [-0.39, 0.29) is 0 Å². The first-order chi connectivity index (χ1) is 9.81. The van der Waals surface area contributed by atoms with Crippen molar-refractivity contribution >= 4 is 17.6 Å². The monoisotopic (exact) mass is 274 g/mol. The summed E-state index contributed by atoms with van der Waals surface area (Å²) in [4.78, 5) is 6.70. The van der Waals surface area contributed by atoms with E-state index in [1.165, 1.54) is 25.7 Å². The fraction of sp³-hybridized carbons (Fsp3) is 0.538. The lowest BCUT2D eigenvalue weighted by atomic mass is 10.2. The number of hydrogen-bond donors (Lipinski definition) is 1. The van der Waals surface area contributed by atoms with Crippen molar-refractivity contribution in [3.63, 3.8) is 0 Å². The molecule has 20 heavy (non-hydrogen) atoms. The highest BCUT2D eigenvalue weighted by molar-refractivity contribution is 5.51. The Balaban J connectivity index is 1.74. The van der Waals surface area contributed by atoms with Gasteiger partial charge in [0.15, 0.2) is 11.6 Å². The van der Waals surface area contributed by atoms with Crippen molar-refractivity contribution in [3.05, 3.63) is 18.0 Å². The number of aromatic nitrogens is 4. The molecule has 1 saturated heterocycles. The van der Waals surface area contributed by atoms with E-state index in [9.17, 15) is 0 Å². The number of aryl methyl sites for hydroxylation is 1. The zero-order valence-electron chi connectivity index (χ0n) is 11.5. The Hall–Kier alpha value is -2.18. The first-order valence-electron chi connectivity index (χ1n) is 6.96. The molecule has 1 aliphatic heterocycles. The molecule has 0 aliphatic carbocycles. The third kappa shape index (κ3) is 3.04. The predicted molar refractivity (Wildman–Crippen MR) is 75.0 cm³/mol. The van der Waals surface area contributed by atoms with Crippen molar-refractivity contribution in [2.45, 2.75) is 32.6 Å². The summed E-state index contributed by atoms with van der Waals surface area (Å²) in [6.45, 7) is 3.83. The molecule has 3 heterocycles. The summed E-state index contributed by atoms with van der Waals surface area (Å²) in [6, 6.07) is 1.81. The molecule has 106 valence electrons. The lowest BCUT2D eigenvalue weighted by Gasteiger charge is -2.19. The maximum absolute atomic E-state index is 5.01. The average molecular weight is 274 g/mol. The van der Waals surface area contributed by atoms with Crippen LogP contribution in [0.3, 0.4) is 0 Å². The molecule has 1 fully saturated rings. The molecule has 0 aromatic carbocycles. The van der Waals surface area contributed by atoms with Crippen LogP contribution in [0.4, 0.5) is 17.6 Å². The highest BCUT2D eigenvalue weighted by atomic mass is 16.5. The van der Waals surface area contributed by atoms with Gasteiger partial charge in [-0.2, -0.15) is 10.1 Å². The van der Waals surface area contributed by atoms with Crippen LogP contribution < -0.4 is 10.2 Å². The summed E-state index contributed by atoms with van der Waals surface area (Å²) in [5.74, 6) is 2.69. The Morgan fingerprint density at radius 1 is 1.15 bits per heavy atom. The van der Waals surface area contributed by atoms with Crippen LogP contribution in [-0.2, 0) is 0 Å². The number of nitrogens with zero attached hydrogens (tertiary/aromatic N) is 5. The Morgan fingerprint density at radius 3 is 2.65 bits per heavy atom. The summed E-state index contributed by atoms with van der Waals surface area (Å²) in [5.41, 5.74) is 0. The number of anilines is 3. The zero-order valence-corrected chi connectivity index (χ0v) is 11.5. The minimum absolute atomic E-state index is 0.629. The van der Waals surface area contributed by atoms with Gasteiger partial charge in [-0.25, -0.2) is 0 Å². The van der Waals surface area contributed by atoms with Crippen molar-refractivity contribution in [1.82, 2.24) is 20.3 Å². The smallest absolute Gasteiger partial charge is 0.247 e. The SMILES string of the molecule is Cc1cc(Nc2cnnc(N3CCCCCC3)n2)no1. The number of rotatable bonds is 3. The van der Waals surface area contributed by atoms with Gasteiger partial charge in [0.1, 0.15) is 5.76 Å². The molecule has 2 aromatic rings. The van der Waals surface area contributed by atoms with E-state index in [2.05, 4.69) is 30.6 Å². The Labute approximate surface area is 117 Å². The highest BCUT2D eigenvalue weighted by Gasteiger charge is 2.13. The van der Waals surface area contributed by atoms with E-state index in [1.807, 2.05) is 13.0 Å². The van der Waals surface area contributed by atoms with E-state index in [1.54, 1.807) is 6.20 Å². The summed E-state index contributed by atoms with van der Waals surface area (Å²) in [5, 5.41) is 15.1. The van der Waals surface area contributed by atoms with Crippen LogP contribution in [0.1, 0.15) is 31.4 Å². The largest absolute Gasteiger partial charge is 0.360 e. The summed E-state index contributed by atoms with van der Waals surface area (Å²) in [7, 11) is 0. The standard InChI is InChI=1S/C13H18N6O/c1-10-8-11(18-20-10)15-12-9-14-17-13(16-12)19-6-4-2-3-5-7-19/h8-9H,2-7H2,1H3,(H,15,16,17,18). The normalized spacial score (nSPS) is 15.9. The molecule has 0 spiro atoms. The highest BCUT2D eigenvalue weighted by Crippen LogP contribution is 2.18. The van der Waals surface area contributed by atoms with Gasteiger partial charge in [0.25, 0.3) is 0 Å². The first kappa shape index (κ1) is 12.8. The van der Waals surface area contributed by atoms with Crippen LogP contribution in [0.5, 0.6) is 0 Å². The maximum atomic E-state index is 5.01. The topological polar surface area (TPSA) is 80.0 Å². The summed E-state index contributed by atoms with van der Waals surface area (Å²) >= 11 is 0. The molecular weight excluding hydrogens is 256 g/mol. The predicted octanol–water partition coefficient (Wildman–Crippen LogP) is 2.29. The number of nitrogens with one attached hydrogen (secondary N) is 1. The van der Waals surface area contributed by atoms with Crippen molar-refractivity contribution in [1.29, 1.82) is 0 Å². The van der Waals surface area contributed by atoms with Crippen LogP contribution in [-0.4, -0.2) is 33.4 Å². The minimum atomic E-state index is 0.629. The van der Waals surface area contributed by atoms with E-state index >= 15 is 0 Å². The Morgan fingerprint density at radius 2 is 1.95 bits per heavy atom. The van der Waals surface area contributed by atoms with Gasteiger partial charge in [0, 0.05) is 19.2 Å². The fourth-order valence-electron chi connectivity index (χ4n) is 2.32. The van der Waals surface area contributed by atoms with Crippen molar-refractivity contribution in [3.8, 4) is 0 Å². The number of hydrogen-bond acceptors (Lipinski definition) is 7. The van der Waals surface area contributed by atoms with Crippen molar-refractivity contribution in [2.24, 2.45) is 0 Å². The van der Waals surface area contributed by atoms with Gasteiger partial charge < -0.3 is 14.7 Å². The maximum Gasteiger partial charge on any atom is 0.247 e. The molecular formula is C13H18N6O. The van der Waals surface area contributed by atoms with E-state index in [0.717, 1.165) is 18.8 Å². The van der Waals surface area contributed by atoms with Crippen LogP contribution in [0.2, 0.25) is 0 Å². The van der Waals surface area contributed by atoms with Gasteiger partial charge in [-0.05, 0) is 19.8 Å². The van der Waals surface area contributed by atoms with E-state index in [4.69, 9.17) is 4.52 Å². The molecule has 0 atom stereocenters. The molecule has 2 aromatic heterocycles. The van der Waals surface area contributed by atoms with Crippen molar-refractivity contribution in [2.75, 3.05) is 23.3 Å². The third-order valence-corrected chi connectivity index (χ3v) is 3.32. The molecule has 7 nitrogen and oxygen atoms in total. The van der Waals surface area contributed by atoms with Crippen LogP contribution in [0.15, 0.2) is 16.8 Å². The van der Waals surface area contributed by atoms with Gasteiger partial charge >= 0.3 is 0 Å². The molecule has 0 amide bonds. The van der Waals surface area contributed by atoms with Gasteiger partial charge in [0.05, 0.1) is 6.20 Å².